The van der Waals surface area contributed by atoms with Gasteiger partial charge in [0.25, 0.3) is 0 Å². The first-order valence-electron chi connectivity index (χ1n) is 7.26. The third-order valence-corrected chi connectivity index (χ3v) is 3.62. The molecule has 0 saturated carbocycles. The van der Waals surface area contributed by atoms with Crippen molar-refractivity contribution in [3.8, 4) is 5.75 Å². The largest absolute Gasteiger partial charge is 0.497 e. The summed E-state index contributed by atoms with van der Waals surface area (Å²) in [5, 5.41) is 10.1. The molecule has 3 nitrogen and oxygen atoms in total. The molecule has 0 aliphatic carbocycles. The van der Waals surface area contributed by atoms with E-state index in [1.165, 1.54) is 0 Å². The summed E-state index contributed by atoms with van der Waals surface area (Å²) in [5.41, 5.74) is 1.08. The summed E-state index contributed by atoms with van der Waals surface area (Å²) < 4.78 is 11.1. The molecule has 0 bridgehead atoms. The highest BCUT2D eigenvalue weighted by Crippen LogP contribution is 2.21. The molecular formula is C18H26O3. The molecule has 0 saturated heterocycles. The molecule has 0 aliphatic heterocycles. The average Bonchev–Trinajstić information content (AvgIpc) is 2.51. The summed E-state index contributed by atoms with van der Waals surface area (Å²) >= 11 is 0. The van der Waals surface area contributed by atoms with Crippen molar-refractivity contribution in [2.75, 3.05) is 7.11 Å². The summed E-state index contributed by atoms with van der Waals surface area (Å²) in [6, 6.07) is 7.79. The van der Waals surface area contributed by atoms with E-state index in [1.54, 1.807) is 13.2 Å². The summed E-state index contributed by atoms with van der Waals surface area (Å²) in [6.07, 6.45) is 4.35. The van der Waals surface area contributed by atoms with Gasteiger partial charge in [-0.3, -0.25) is 0 Å². The highest BCUT2D eigenvalue weighted by atomic mass is 16.5. The van der Waals surface area contributed by atoms with E-state index in [-0.39, 0.29) is 12.0 Å². The van der Waals surface area contributed by atoms with E-state index in [2.05, 4.69) is 13.2 Å². The molecule has 116 valence electrons. The molecular weight excluding hydrogens is 264 g/mol. The monoisotopic (exact) mass is 290 g/mol. The van der Waals surface area contributed by atoms with Crippen LogP contribution in [-0.2, 0) is 11.3 Å². The van der Waals surface area contributed by atoms with Crippen molar-refractivity contribution in [3.05, 3.63) is 55.1 Å². The Labute approximate surface area is 127 Å². The molecule has 1 aromatic rings. The molecule has 0 aromatic heterocycles. The van der Waals surface area contributed by atoms with Crippen LogP contribution in [0.5, 0.6) is 5.75 Å². The zero-order valence-electron chi connectivity index (χ0n) is 13.0. The normalized spacial score (nSPS) is 15.0. The van der Waals surface area contributed by atoms with Crippen molar-refractivity contribution < 1.29 is 14.6 Å². The lowest BCUT2D eigenvalue weighted by Gasteiger charge is -2.27. The number of methoxy groups -OCH3 is 1. The zero-order valence-corrected chi connectivity index (χ0v) is 13.0. The van der Waals surface area contributed by atoms with Gasteiger partial charge in [0.2, 0.25) is 0 Å². The van der Waals surface area contributed by atoms with Gasteiger partial charge in [-0.25, -0.2) is 0 Å². The van der Waals surface area contributed by atoms with Gasteiger partial charge in [-0.1, -0.05) is 31.2 Å². The molecule has 0 aliphatic rings. The fourth-order valence-corrected chi connectivity index (χ4v) is 2.16. The van der Waals surface area contributed by atoms with Crippen LogP contribution in [0.2, 0.25) is 0 Å². The second-order valence-electron chi connectivity index (χ2n) is 5.17. The number of ether oxygens (including phenoxy) is 2. The van der Waals surface area contributed by atoms with Gasteiger partial charge >= 0.3 is 0 Å². The fourth-order valence-electron chi connectivity index (χ4n) is 2.16. The Kier molecular flexibility index (Phi) is 7.80. The number of rotatable bonds is 10. The maximum Gasteiger partial charge on any atom is 0.118 e. The van der Waals surface area contributed by atoms with Crippen molar-refractivity contribution >= 4 is 0 Å². The molecule has 21 heavy (non-hydrogen) atoms. The van der Waals surface area contributed by atoms with Crippen LogP contribution >= 0.6 is 0 Å². The Morgan fingerprint density at radius 1 is 1.14 bits per heavy atom. The third-order valence-electron chi connectivity index (χ3n) is 3.62. The number of aliphatic hydroxyl groups excluding tert-OH is 1. The minimum atomic E-state index is -0.441. The third kappa shape index (κ3) is 5.74. The number of aliphatic hydroxyl groups is 1. The van der Waals surface area contributed by atoms with Gasteiger partial charge in [0, 0.05) is 5.92 Å². The van der Waals surface area contributed by atoms with E-state index in [0.717, 1.165) is 11.3 Å². The van der Waals surface area contributed by atoms with E-state index in [0.29, 0.717) is 19.4 Å². The van der Waals surface area contributed by atoms with Gasteiger partial charge in [0.05, 0.1) is 25.9 Å². The Balaban J connectivity index is 2.60. The van der Waals surface area contributed by atoms with Crippen molar-refractivity contribution in [3.63, 3.8) is 0 Å². The van der Waals surface area contributed by atoms with Crippen LogP contribution in [0, 0.1) is 5.92 Å². The maximum atomic E-state index is 10.1. The number of benzene rings is 1. The van der Waals surface area contributed by atoms with E-state index in [1.807, 2.05) is 37.3 Å². The van der Waals surface area contributed by atoms with Gasteiger partial charge in [-0.05, 0) is 30.5 Å². The SMILES string of the molecule is C=CC[C@H](O)[C@@H](C)[C@@H](CC=C)OCc1ccc(OC)cc1. The average molecular weight is 290 g/mol. The van der Waals surface area contributed by atoms with Gasteiger partial charge < -0.3 is 14.6 Å². The lowest BCUT2D eigenvalue weighted by molar-refractivity contribution is -0.0352. The Bertz CT molecular complexity index is 425. The van der Waals surface area contributed by atoms with Crippen LogP contribution in [0.4, 0.5) is 0 Å². The van der Waals surface area contributed by atoms with Crippen LogP contribution in [0.1, 0.15) is 25.3 Å². The maximum absolute atomic E-state index is 10.1. The molecule has 1 N–H and O–H groups in total. The molecule has 0 amide bonds. The summed E-state index contributed by atoms with van der Waals surface area (Å²) in [4.78, 5) is 0. The Hall–Kier alpha value is -1.58. The highest BCUT2D eigenvalue weighted by Gasteiger charge is 2.23. The lowest BCUT2D eigenvalue weighted by atomic mass is 9.93. The Morgan fingerprint density at radius 2 is 1.76 bits per heavy atom. The molecule has 1 aromatic carbocycles. The van der Waals surface area contributed by atoms with Crippen LogP contribution in [-0.4, -0.2) is 24.4 Å². The van der Waals surface area contributed by atoms with Gasteiger partial charge in [-0.15, -0.1) is 13.2 Å². The van der Waals surface area contributed by atoms with Crippen molar-refractivity contribution in [2.24, 2.45) is 5.92 Å². The molecule has 3 atom stereocenters. The molecule has 1 rings (SSSR count). The standard InChI is InChI=1S/C18H26O3/c1-5-7-17(19)14(3)18(8-6-2)21-13-15-9-11-16(20-4)12-10-15/h5-6,9-12,14,17-19H,1-2,7-8,13H2,3-4H3/t14-,17+,18-/m1/s1. The molecule has 0 unspecified atom stereocenters. The van der Waals surface area contributed by atoms with Crippen LogP contribution < -0.4 is 4.74 Å². The fraction of sp³-hybridized carbons (Fsp3) is 0.444. The lowest BCUT2D eigenvalue weighted by Crippen LogP contribution is -2.31. The first-order chi connectivity index (χ1) is 10.1. The van der Waals surface area contributed by atoms with Gasteiger partial charge in [0.1, 0.15) is 5.75 Å². The van der Waals surface area contributed by atoms with E-state index < -0.39 is 6.10 Å². The minimum Gasteiger partial charge on any atom is -0.497 e. The van der Waals surface area contributed by atoms with E-state index in [9.17, 15) is 5.11 Å². The van der Waals surface area contributed by atoms with Gasteiger partial charge in [0.15, 0.2) is 0 Å². The zero-order chi connectivity index (χ0) is 15.7. The summed E-state index contributed by atoms with van der Waals surface area (Å²) in [5.74, 6) is 0.857. The van der Waals surface area contributed by atoms with Crippen molar-refractivity contribution in [2.45, 2.75) is 38.6 Å². The summed E-state index contributed by atoms with van der Waals surface area (Å²) in [6.45, 7) is 9.94. The molecule has 0 spiro atoms. The molecule has 0 heterocycles. The minimum absolute atomic E-state index is 0.0271. The Morgan fingerprint density at radius 3 is 2.29 bits per heavy atom. The highest BCUT2D eigenvalue weighted by molar-refractivity contribution is 5.26. The van der Waals surface area contributed by atoms with Crippen molar-refractivity contribution in [1.82, 2.24) is 0 Å². The van der Waals surface area contributed by atoms with Gasteiger partial charge in [-0.2, -0.15) is 0 Å². The first-order valence-corrected chi connectivity index (χ1v) is 7.26. The first kappa shape index (κ1) is 17.5. The quantitative estimate of drug-likeness (QED) is 0.667. The number of hydrogen-bond acceptors (Lipinski definition) is 3. The second-order valence-corrected chi connectivity index (χ2v) is 5.17. The predicted molar refractivity (Wildman–Crippen MR) is 86.4 cm³/mol. The van der Waals surface area contributed by atoms with Crippen LogP contribution in [0.15, 0.2) is 49.6 Å². The predicted octanol–water partition coefficient (Wildman–Crippen LogP) is 3.73. The topological polar surface area (TPSA) is 38.7 Å². The van der Waals surface area contributed by atoms with E-state index >= 15 is 0 Å². The van der Waals surface area contributed by atoms with Crippen LogP contribution in [0.3, 0.4) is 0 Å². The van der Waals surface area contributed by atoms with E-state index in [4.69, 9.17) is 9.47 Å². The number of hydrogen-bond donors (Lipinski definition) is 1. The second kappa shape index (κ2) is 9.37. The molecule has 0 radical (unpaired) electrons. The molecule has 0 fully saturated rings. The molecule has 3 heteroatoms. The van der Waals surface area contributed by atoms with Crippen LogP contribution in [0.25, 0.3) is 0 Å². The van der Waals surface area contributed by atoms with Crippen molar-refractivity contribution in [1.29, 1.82) is 0 Å². The smallest absolute Gasteiger partial charge is 0.118 e. The summed E-state index contributed by atoms with van der Waals surface area (Å²) in [7, 11) is 1.65.